The molecule has 100 valence electrons. The predicted octanol–water partition coefficient (Wildman–Crippen LogP) is -0.179. The quantitative estimate of drug-likeness (QED) is 0.703. The molecule has 5 heteroatoms. The molecule has 5 nitrogen and oxygen atoms in total. The summed E-state index contributed by atoms with van der Waals surface area (Å²) in [6, 6.07) is 0.0506. The van der Waals surface area contributed by atoms with E-state index < -0.39 is 5.54 Å². The van der Waals surface area contributed by atoms with Gasteiger partial charge >= 0.3 is 0 Å². The SMILES string of the molecule is COCC(C)NC(=O)C(C)(C)N1CCNCC1. The molecule has 0 aromatic carbocycles. The van der Waals surface area contributed by atoms with E-state index in [-0.39, 0.29) is 11.9 Å². The molecule has 1 atom stereocenters. The average Bonchev–Trinajstić information content (AvgIpc) is 2.30. The Morgan fingerprint density at radius 3 is 2.59 bits per heavy atom. The Labute approximate surface area is 104 Å². The third-order valence-corrected chi connectivity index (χ3v) is 3.26. The van der Waals surface area contributed by atoms with Crippen molar-refractivity contribution in [3.8, 4) is 0 Å². The molecule has 2 N–H and O–H groups in total. The maximum Gasteiger partial charge on any atom is 0.240 e. The van der Waals surface area contributed by atoms with Gasteiger partial charge in [-0.05, 0) is 20.8 Å². The summed E-state index contributed by atoms with van der Waals surface area (Å²) in [6.45, 7) is 10.2. The molecule has 0 bridgehead atoms. The average molecular weight is 243 g/mol. The van der Waals surface area contributed by atoms with E-state index in [4.69, 9.17) is 4.74 Å². The lowest BCUT2D eigenvalue weighted by Crippen LogP contribution is -2.61. The largest absolute Gasteiger partial charge is 0.383 e. The van der Waals surface area contributed by atoms with Gasteiger partial charge in [0, 0.05) is 39.3 Å². The molecule has 1 saturated heterocycles. The minimum Gasteiger partial charge on any atom is -0.383 e. The number of carbonyl (C=O) groups is 1. The molecule has 0 aromatic rings. The van der Waals surface area contributed by atoms with E-state index in [2.05, 4.69) is 15.5 Å². The van der Waals surface area contributed by atoms with Crippen LogP contribution in [-0.2, 0) is 9.53 Å². The second-order valence-corrected chi connectivity index (χ2v) is 5.13. The highest BCUT2D eigenvalue weighted by molar-refractivity contribution is 5.85. The van der Waals surface area contributed by atoms with Gasteiger partial charge in [0.1, 0.15) is 0 Å². The van der Waals surface area contributed by atoms with E-state index >= 15 is 0 Å². The maximum absolute atomic E-state index is 12.2. The van der Waals surface area contributed by atoms with Crippen molar-refractivity contribution in [2.75, 3.05) is 39.9 Å². The highest BCUT2D eigenvalue weighted by Gasteiger charge is 2.35. The number of rotatable bonds is 5. The zero-order chi connectivity index (χ0) is 12.9. The molecule has 0 aliphatic carbocycles. The lowest BCUT2D eigenvalue weighted by Gasteiger charge is -2.40. The summed E-state index contributed by atoms with van der Waals surface area (Å²) in [6.07, 6.45) is 0. The second kappa shape index (κ2) is 6.33. The topological polar surface area (TPSA) is 53.6 Å². The molecule has 0 saturated carbocycles. The fourth-order valence-corrected chi connectivity index (χ4v) is 2.06. The third kappa shape index (κ3) is 3.94. The summed E-state index contributed by atoms with van der Waals surface area (Å²) in [7, 11) is 1.64. The molecular weight excluding hydrogens is 218 g/mol. The van der Waals surface area contributed by atoms with E-state index in [1.807, 2.05) is 20.8 Å². The van der Waals surface area contributed by atoms with Crippen LogP contribution in [0, 0.1) is 0 Å². The monoisotopic (exact) mass is 243 g/mol. The summed E-state index contributed by atoms with van der Waals surface area (Å²) in [5, 5.41) is 6.29. The van der Waals surface area contributed by atoms with Crippen molar-refractivity contribution in [1.82, 2.24) is 15.5 Å². The molecule has 1 amide bonds. The number of amides is 1. The molecule has 1 aliphatic heterocycles. The van der Waals surface area contributed by atoms with Crippen LogP contribution in [0.5, 0.6) is 0 Å². The number of nitrogens with one attached hydrogen (secondary N) is 2. The Balaban J connectivity index is 2.52. The zero-order valence-electron chi connectivity index (χ0n) is 11.4. The number of piperazine rings is 1. The Morgan fingerprint density at radius 2 is 2.06 bits per heavy atom. The van der Waals surface area contributed by atoms with Gasteiger partial charge in [0.05, 0.1) is 12.1 Å². The number of ether oxygens (including phenoxy) is 1. The van der Waals surface area contributed by atoms with Crippen LogP contribution in [0.25, 0.3) is 0 Å². The van der Waals surface area contributed by atoms with E-state index in [9.17, 15) is 4.79 Å². The number of nitrogens with zero attached hydrogens (tertiary/aromatic N) is 1. The van der Waals surface area contributed by atoms with Gasteiger partial charge in [0.2, 0.25) is 5.91 Å². The van der Waals surface area contributed by atoms with Gasteiger partial charge in [-0.25, -0.2) is 0 Å². The molecule has 1 rings (SSSR count). The Morgan fingerprint density at radius 1 is 1.47 bits per heavy atom. The first-order valence-electron chi connectivity index (χ1n) is 6.24. The zero-order valence-corrected chi connectivity index (χ0v) is 11.4. The van der Waals surface area contributed by atoms with Crippen molar-refractivity contribution in [2.24, 2.45) is 0 Å². The molecule has 17 heavy (non-hydrogen) atoms. The number of methoxy groups -OCH3 is 1. The van der Waals surface area contributed by atoms with Gasteiger partial charge in [-0.3, -0.25) is 9.69 Å². The molecule has 1 fully saturated rings. The Hall–Kier alpha value is -0.650. The highest BCUT2D eigenvalue weighted by Crippen LogP contribution is 2.15. The van der Waals surface area contributed by atoms with Crippen LogP contribution >= 0.6 is 0 Å². The van der Waals surface area contributed by atoms with Crippen molar-refractivity contribution < 1.29 is 9.53 Å². The van der Waals surface area contributed by atoms with Crippen LogP contribution in [0.15, 0.2) is 0 Å². The van der Waals surface area contributed by atoms with E-state index in [1.165, 1.54) is 0 Å². The predicted molar refractivity (Wildman–Crippen MR) is 68.0 cm³/mol. The molecule has 0 aromatic heterocycles. The smallest absolute Gasteiger partial charge is 0.240 e. The molecule has 1 aliphatic rings. The summed E-state index contributed by atoms with van der Waals surface area (Å²) in [5.41, 5.74) is -0.454. The Bertz CT molecular complexity index is 250. The first-order valence-corrected chi connectivity index (χ1v) is 6.24. The van der Waals surface area contributed by atoms with Gasteiger partial charge in [-0.1, -0.05) is 0 Å². The van der Waals surface area contributed by atoms with Gasteiger partial charge in [-0.2, -0.15) is 0 Å². The minimum atomic E-state index is -0.454. The van der Waals surface area contributed by atoms with Crippen LogP contribution in [-0.4, -0.2) is 62.3 Å². The normalized spacial score (nSPS) is 20.0. The fourth-order valence-electron chi connectivity index (χ4n) is 2.06. The summed E-state index contributed by atoms with van der Waals surface area (Å²) >= 11 is 0. The molecular formula is C12H25N3O2. The molecule has 1 heterocycles. The van der Waals surface area contributed by atoms with E-state index in [1.54, 1.807) is 7.11 Å². The van der Waals surface area contributed by atoms with Crippen molar-refractivity contribution >= 4 is 5.91 Å². The number of hydrogen-bond acceptors (Lipinski definition) is 4. The molecule has 0 spiro atoms. The van der Waals surface area contributed by atoms with Crippen molar-refractivity contribution in [1.29, 1.82) is 0 Å². The van der Waals surface area contributed by atoms with Crippen LogP contribution < -0.4 is 10.6 Å². The van der Waals surface area contributed by atoms with Gasteiger partial charge in [-0.15, -0.1) is 0 Å². The Kier molecular flexibility index (Phi) is 5.36. The van der Waals surface area contributed by atoms with Crippen LogP contribution in [0.4, 0.5) is 0 Å². The van der Waals surface area contributed by atoms with Crippen LogP contribution in [0.1, 0.15) is 20.8 Å². The van der Waals surface area contributed by atoms with Crippen molar-refractivity contribution in [3.05, 3.63) is 0 Å². The van der Waals surface area contributed by atoms with Gasteiger partial charge < -0.3 is 15.4 Å². The summed E-state index contributed by atoms with van der Waals surface area (Å²) in [5.74, 6) is 0.0731. The molecule has 0 radical (unpaired) electrons. The first-order chi connectivity index (χ1) is 7.98. The third-order valence-electron chi connectivity index (χ3n) is 3.26. The van der Waals surface area contributed by atoms with Crippen LogP contribution in [0.2, 0.25) is 0 Å². The summed E-state index contributed by atoms with van der Waals surface area (Å²) < 4.78 is 5.02. The van der Waals surface area contributed by atoms with Gasteiger partial charge in [0.15, 0.2) is 0 Å². The second-order valence-electron chi connectivity index (χ2n) is 5.13. The fraction of sp³-hybridized carbons (Fsp3) is 0.917. The van der Waals surface area contributed by atoms with Crippen molar-refractivity contribution in [3.63, 3.8) is 0 Å². The van der Waals surface area contributed by atoms with Crippen molar-refractivity contribution in [2.45, 2.75) is 32.4 Å². The minimum absolute atomic E-state index is 0.0506. The van der Waals surface area contributed by atoms with Gasteiger partial charge in [0.25, 0.3) is 0 Å². The van der Waals surface area contributed by atoms with E-state index in [0.717, 1.165) is 26.2 Å². The first kappa shape index (κ1) is 14.4. The lowest BCUT2D eigenvalue weighted by atomic mass is 10.00. The number of carbonyl (C=O) groups excluding carboxylic acids is 1. The highest BCUT2D eigenvalue weighted by atomic mass is 16.5. The number of hydrogen-bond donors (Lipinski definition) is 2. The maximum atomic E-state index is 12.2. The summed E-state index contributed by atoms with van der Waals surface area (Å²) in [4.78, 5) is 14.4. The standard InChI is InChI=1S/C12H25N3O2/c1-10(9-17-4)14-11(16)12(2,3)15-7-5-13-6-8-15/h10,13H,5-9H2,1-4H3,(H,14,16). The van der Waals surface area contributed by atoms with E-state index in [0.29, 0.717) is 6.61 Å². The molecule has 1 unspecified atom stereocenters. The lowest BCUT2D eigenvalue weighted by molar-refractivity contribution is -0.133. The van der Waals surface area contributed by atoms with Crippen LogP contribution in [0.3, 0.4) is 0 Å².